The molecule has 132 heavy (non-hydrogen) atoms. The van der Waals surface area contributed by atoms with E-state index in [1.165, 1.54) is 192 Å². The molecule has 618 valence electrons. The van der Waals surface area contributed by atoms with Crippen LogP contribution < -0.4 is 0 Å². The SMILES string of the molecule is c1ccc(-c2ccc(-n3c4ccccc4c4cc(-c5ccc6c7ccncc7n(-c7ccc(-c8ccccc8)cc7)c6c5)ccc43)cc2)cc1.c1ccc(-n2c3ccccc3c3cc(-c4ccc(-c5ccc6c(c5)c5ccncc5n6-c5ccccc5)cc4)ccc32)cc1.c1ccc(-n2c3ccccc3c3cc(-c4ccc5c6ccncc6n(-c6ccccc6)c5c4)ccc32)cc1. The van der Waals surface area contributed by atoms with Gasteiger partial charge in [0.25, 0.3) is 0 Å². The van der Waals surface area contributed by atoms with E-state index < -0.39 is 0 Å². The number of hydrogen-bond acceptors (Lipinski definition) is 3. The number of aromatic nitrogens is 9. The summed E-state index contributed by atoms with van der Waals surface area (Å²) in [6.45, 7) is 0. The minimum Gasteiger partial charge on any atom is -0.309 e. The third kappa shape index (κ3) is 13.2. The van der Waals surface area contributed by atoms with Gasteiger partial charge in [-0.1, -0.05) is 285 Å². The fourth-order valence-electron chi connectivity index (χ4n) is 20.3. The van der Waals surface area contributed by atoms with Crippen LogP contribution in [0.15, 0.2) is 492 Å². The second kappa shape index (κ2) is 32.3. The Bertz CT molecular complexity index is 8910. The number of benzene rings is 18. The maximum Gasteiger partial charge on any atom is 0.0724 e. The number of fused-ring (bicyclic) bond motifs is 18. The first-order chi connectivity index (χ1) is 65.5. The Hall–Kier alpha value is -17.8. The molecule has 0 amide bonds. The first kappa shape index (κ1) is 76.6. The molecule has 9 heteroatoms. The zero-order chi connectivity index (χ0) is 87.1. The van der Waals surface area contributed by atoms with Gasteiger partial charge in [-0.05, 0) is 237 Å². The van der Waals surface area contributed by atoms with Crippen molar-refractivity contribution in [3.63, 3.8) is 0 Å². The zero-order valence-electron chi connectivity index (χ0n) is 71.8. The van der Waals surface area contributed by atoms with Gasteiger partial charge < -0.3 is 27.4 Å². The van der Waals surface area contributed by atoms with Gasteiger partial charge in [0.1, 0.15) is 0 Å². The van der Waals surface area contributed by atoms with Crippen LogP contribution in [-0.2, 0) is 0 Å². The molecule has 9 nitrogen and oxygen atoms in total. The fourth-order valence-corrected chi connectivity index (χ4v) is 20.3. The quantitative estimate of drug-likeness (QED) is 0.122. The molecule has 0 unspecified atom stereocenters. The van der Waals surface area contributed by atoms with E-state index in [-0.39, 0.29) is 0 Å². The van der Waals surface area contributed by atoms with Crippen molar-refractivity contribution in [2.45, 2.75) is 0 Å². The Balaban J connectivity index is 0.000000107. The third-order valence-corrected chi connectivity index (χ3v) is 26.5. The summed E-state index contributed by atoms with van der Waals surface area (Å²) in [6, 6.07) is 164. The monoisotopic (exact) mass is 1680 g/mol. The van der Waals surface area contributed by atoms with E-state index in [4.69, 9.17) is 0 Å². The molecule has 0 bridgehead atoms. The molecule has 18 aromatic carbocycles. The summed E-state index contributed by atoms with van der Waals surface area (Å²) in [7, 11) is 0. The van der Waals surface area contributed by atoms with E-state index in [1.54, 1.807) is 0 Å². The van der Waals surface area contributed by atoms with Crippen molar-refractivity contribution in [1.29, 1.82) is 0 Å². The fraction of sp³-hybridized carbons (Fsp3) is 0. The van der Waals surface area contributed by atoms with E-state index in [2.05, 4.69) is 497 Å². The highest BCUT2D eigenvalue weighted by atomic mass is 15.0. The smallest absolute Gasteiger partial charge is 0.0724 e. The predicted molar refractivity (Wildman–Crippen MR) is 551 cm³/mol. The molecule has 0 saturated heterocycles. The van der Waals surface area contributed by atoms with E-state index in [0.717, 1.165) is 39.3 Å². The number of pyridine rings is 3. The maximum atomic E-state index is 4.53. The molecule has 0 spiro atoms. The summed E-state index contributed by atoms with van der Waals surface area (Å²) in [5.74, 6) is 0. The Morgan fingerprint density at radius 3 is 0.621 bits per heavy atom. The summed E-state index contributed by atoms with van der Waals surface area (Å²) < 4.78 is 14.1. The molecular formula is C123H81N9. The second-order valence-corrected chi connectivity index (χ2v) is 33.9. The molecule has 9 aromatic heterocycles. The first-order valence-corrected chi connectivity index (χ1v) is 44.9. The van der Waals surface area contributed by atoms with Crippen LogP contribution in [0.3, 0.4) is 0 Å². The third-order valence-electron chi connectivity index (χ3n) is 26.5. The highest BCUT2D eigenvalue weighted by molar-refractivity contribution is 6.16. The van der Waals surface area contributed by atoms with Gasteiger partial charge in [-0.15, -0.1) is 0 Å². The number of rotatable bonds is 12. The Morgan fingerprint density at radius 1 is 0.114 bits per heavy atom. The topological polar surface area (TPSA) is 68.2 Å². The second-order valence-electron chi connectivity index (χ2n) is 33.9. The van der Waals surface area contributed by atoms with Crippen molar-refractivity contribution in [2.75, 3.05) is 0 Å². The first-order valence-electron chi connectivity index (χ1n) is 44.9. The van der Waals surface area contributed by atoms with Gasteiger partial charge in [0, 0.05) is 117 Å². The van der Waals surface area contributed by atoms with Crippen LogP contribution >= 0.6 is 0 Å². The van der Waals surface area contributed by atoms with Gasteiger partial charge in [-0.2, -0.15) is 0 Å². The van der Waals surface area contributed by atoms with Crippen molar-refractivity contribution < 1.29 is 0 Å². The van der Waals surface area contributed by atoms with Crippen molar-refractivity contribution in [1.82, 2.24) is 42.4 Å². The van der Waals surface area contributed by atoms with Gasteiger partial charge in [0.15, 0.2) is 0 Å². The van der Waals surface area contributed by atoms with Gasteiger partial charge in [0.2, 0.25) is 0 Å². The van der Waals surface area contributed by atoms with E-state index in [9.17, 15) is 0 Å². The zero-order valence-corrected chi connectivity index (χ0v) is 71.8. The normalized spacial score (nSPS) is 11.6. The summed E-state index contributed by atoms with van der Waals surface area (Å²) in [5, 5.41) is 14.8. The standard InChI is InChI=1S/C47H31N3.C41H27N3.C35H23N3/c1-3-9-32(10-4-1)34-15-21-38(22-16-34)49-44-14-8-7-13-40(44)43-29-36(20-26-45(43)49)37-19-25-41-42-27-28-48-31-47(42)50(46(41)30-37)39-23-17-35(18-24-39)33-11-5-2-6-12-33;1-3-9-32(10-4-1)43-38-14-8-7-13-34(38)36-25-30(19-21-39(36)43)28-15-17-29(18-16-28)31-20-22-40-37(26-31)35-23-24-42-27-41(35)44(40)33-11-5-2-6-12-33;1-3-9-26(10-4-1)37-32-14-8-7-13-28(32)31-21-24(16-18-33(31)37)25-15-17-29-30-19-20-36-23-35(30)38(34(29)22-25)27-11-5-2-6-12-27/h1-31H;1-27H;1-23H. The number of hydrogen-bond donors (Lipinski definition) is 0. The van der Waals surface area contributed by atoms with Gasteiger partial charge in [-0.3, -0.25) is 15.0 Å². The highest BCUT2D eigenvalue weighted by Crippen LogP contribution is 2.44. The van der Waals surface area contributed by atoms with Crippen LogP contribution in [0.25, 0.3) is 232 Å². The van der Waals surface area contributed by atoms with Crippen LogP contribution in [0, 0.1) is 0 Å². The average Bonchev–Trinajstić information content (AvgIpc) is 1.59. The molecule has 27 aromatic rings. The van der Waals surface area contributed by atoms with E-state index in [1.807, 2.05) is 37.2 Å². The molecule has 0 radical (unpaired) electrons. The molecule has 27 rings (SSSR count). The summed E-state index contributed by atoms with van der Waals surface area (Å²) in [5.41, 5.74) is 35.5. The molecular weight excluding hydrogens is 1600 g/mol. The van der Waals surface area contributed by atoms with E-state index in [0.29, 0.717) is 0 Å². The van der Waals surface area contributed by atoms with Crippen LogP contribution in [-0.4, -0.2) is 42.4 Å². The summed E-state index contributed by atoms with van der Waals surface area (Å²) in [4.78, 5) is 13.4. The number of nitrogens with zero attached hydrogens (tertiary/aromatic N) is 9. The van der Waals surface area contributed by atoms with Crippen molar-refractivity contribution >= 4 is 131 Å². The molecule has 0 fully saturated rings. The minimum atomic E-state index is 1.10. The molecule has 0 aliphatic heterocycles. The maximum absolute atomic E-state index is 4.53. The summed E-state index contributed by atoms with van der Waals surface area (Å²) >= 11 is 0. The van der Waals surface area contributed by atoms with Crippen molar-refractivity contribution in [3.8, 4) is 101 Å². The van der Waals surface area contributed by atoms with E-state index >= 15 is 0 Å². The predicted octanol–water partition coefficient (Wildman–Crippen LogP) is 31.8. The van der Waals surface area contributed by atoms with Gasteiger partial charge in [-0.25, -0.2) is 0 Å². The van der Waals surface area contributed by atoms with Crippen LogP contribution in [0.4, 0.5) is 0 Å². The van der Waals surface area contributed by atoms with Gasteiger partial charge >= 0.3 is 0 Å². The Labute approximate surface area is 761 Å². The average molecular weight is 1690 g/mol. The van der Waals surface area contributed by atoms with Crippen LogP contribution in [0.5, 0.6) is 0 Å². The summed E-state index contributed by atoms with van der Waals surface area (Å²) in [6.07, 6.45) is 11.6. The van der Waals surface area contributed by atoms with Crippen molar-refractivity contribution in [2.24, 2.45) is 0 Å². The number of para-hydroxylation sites is 7. The molecule has 9 heterocycles. The minimum absolute atomic E-state index is 1.10. The Kier molecular flexibility index (Phi) is 18.7. The largest absolute Gasteiger partial charge is 0.309 e. The lowest BCUT2D eigenvalue weighted by Crippen LogP contribution is -1.94. The van der Waals surface area contributed by atoms with Crippen molar-refractivity contribution in [3.05, 3.63) is 492 Å². The molecule has 0 saturated carbocycles. The highest BCUT2D eigenvalue weighted by Gasteiger charge is 2.23. The molecule has 0 N–H and O–H groups in total. The lowest BCUT2D eigenvalue weighted by atomic mass is 9.98. The van der Waals surface area contributed by atoms with Crippen LogP contribution in [0.1, 0.15) is 0 Å². The molecule has 0 aliphatic rings. The Morgan fingerprint density at radius 2 is 0.303 bits per heavy atom. The lowest BCUT2D eigenvalue weighted by molar-refractivity contribution is 1.17. The molecule has 0 aliphatic carbocycles. The molecule has 0 atom stereocenters. The van der Waals surface area contributed by atoms with Gasteiger partial charge in [0.05, 0.1) is 84.8 Å². The van der Waals surface area contributed by atoms with Crippen LogP contribution in [0.2, 0.25) is 0 Å². The lowest BCUT2D eigenvalue weighted by Gasteiger charge is -2.11.